The molecule has 6 saturated heterocycles. The van der Waals surface area contributed by atoms with E-state index >= 15 is 28.8 Å². The number of fused-ring (bicyclic) bond motifs is 6. The Morgan fingerprint density at radius 3 is 1.50 bits per heavy atom. The lowest BCUT2D eigenvalue weighted by molar-refractivity contribution is -0.150. The first kappa shape index (κ1) is 85.5. The number of hydrogen-bond donors (Lipinski definition) is 9. The van der Waals surface area contributed by atoms with E-state index in [-0.39, 0.29) is 101 Å². The fraction of sp³-hybridized carbons (Fsp3) is 0.521. The first-order chi connectivity index (χ1) is 57.2. The van der Waals surface area contributed by atoms with Gasteiger partial charge >= 0.3 is 0 Å². The fourth-order valence-electron chi connectivity index (χ4n) is 20.5. The second kappa shape index (κ2) is 38.6. The molecule has 24 heteroatoms. The highest BCUT2D eigenvalue weighted by molar-refractivity contribution is 8.00. The van der Waals surface area contributed by atoms with Gasteiger partial charge in [0.05, 0.1) is 53.6 Å². The topological polar surface area (TPSA) is 281 Å². The Balaban J connectivity index is 0.711. The number of rotatable bonds is 29. The summed E-state index contributed by atoms with van der Waals surface area (Å²) < 4.78 is 6.66. The average molecular weight is 1640 g/mol. The van der Waals surface area contributed by atoms with Gasteiger partial charge < -0.3 is 67.3 Å². The zero-order valence-electron chi connectivity index (χ0n) is 69.2. The fourth-order valence-corrected chi connectivity index (χ4v) is 23.4. The Labute approximate surface area is 704 Å². The minimum Gasteiger partial charge on any atom is -0.358 e. The monoisotopic (exact) mass is 1640 g/mol. The van der Waals surface area contributed by atoms with E-state index in [1.165, 1.54) is 5.56 Å². The molecule has 14 rings (SSSR count). The molecule has 9 aliphatic rings. The van der Waals surface area contributed by atoms with E-state index in [2.05, 4.69) is 139 Å². The van der Waals surface area contributed by atoms with Crippen molar-refractivity contribution in [2.24, 2.45) is 16.7 Å². The molecule has 0 aromatic heterocycles. The molecule has 4 unspecified atom stereocenters. The zero-order chi connectivity index (χ0) is 82.8. The minimum absolute atomic E-state index is 0.0571. The van der Waals surface area contributed by atoms with Crippen LogP contribution in [0.15, 0.2) is 170 Å². The summed E-state index contributed by atoms with van der Waals surface area (Å²) in [7, 11) is 5.12. The third kappa shape index (κ3) is 18.5. The number of amides is 9. The maximum Gasteiger partial charge on any atom is 0.247 e. The van der Waals surface area contributed by atoms with Crippen LogP contribution in [0.3, 0.4) is 0 Å². The number of allylic oxidation sites excluding steroid dienone is 5. The molecular formula is C94H120N12O10S2. The Bertz CT molecular complexity index is 4470. The van der Waals surface area contributed by atoms with Crippen LogP contribution in [-0.4, -0.2) is 178 Å². The summed E-state index contributed by atoms with van der Waals surface area (Å²) in [6.07, 6.45) is 21.9. The second-order valence-electron chi connectivity index (χ2n) is 34.3. The summed E-state index contributed by atoms with van der Waals surface area (Å²) >= 11 is 3.33. The normalized spacial score (nSPS) is 29.2. The number of benzene rings is 5. The molecule has 22 nitrogen and oxygen atoms in total. The Kier molecular flexibility index (Phi) is 28.0. The Hall–Kier alpha value is -8.91. The van der Waals surface area contributed by atoms with Gasteiger partial charge in [0.1, 0.15) is 42.5 Å². The minimum atomic E-state index is -0.928. The van der Waals surface area contributed by atoms with Crippen LogP contribution in [-0.2, 0) is 67.2 Å². The van der Waals surface area contributed by atoms with Gasteiger partial charge in [0.15, 0.2) is 0 Å². The molecule has 9 amide bonds. The van der Waals surface area contributed by atoms with Gasteiger partial charge in [-0.25, -0.2) is 0 Å². The number of carbonyl (C=O) groups excluding carboxylic acids is 9. The van der Waals surface area contributed by atoms with Crippen molar-refractivity contribution >= 4 is 76.7 Å². The highest BCUT2D eigenvalue weighted by Crippen LogP contribution is 2.54. The Morgan fingerprint density at radius 1 is 0.483 bits per heavy atom. The van der Waals surface area contributed by atoms with Crippen LogP contribution >= 0.6 is 23.5 Å². The van der Waals surface area contributed by atoms with E-state index in [0.29, 0.717) is 114 Å². The quantitative estimate of drug-likeness (QED) is 0.0201. The molecule has 6 fully saturated rings. The van der Waals surface area contributed by atoms with E-state index in [0.717, 1.165) is 58.2 Å². The van der Waals surface area contributed by atoms with Crippen molar-refractivity contribution in [1.82, 2.24) is 62.6 Å². The molecule has 6 heterocycles. The second-order valence-corrected chi connectivity index (χ2v) is 36.9. The average Bonchev–Trinajstić information content (AvgIpc) is 1.58. The molecule has 9 N–H and O–H groups in total. The van der Waals surface area contributed by atoms with Crippen molar-refractivity contribution in [2.75, 3.05) is 39.3 Å². The van der Waals surface area contributed by atoms with Gasteiger partial charge in [0.25, 0.3) is 0 Å². The number of carbonyl (C=O) groups is 9. The third-order valence-electron chi connectivity index (χ3n) is 27.2. The molecule has 0 radical (unpaired) electrons. The molecule has 628 valence electrons. The van der Waals surface area contributed by atoms with Crippen LogP contribution in [0.5, 0.6) is 0 Å². The number of aryl methyl sites for hydroxylation is 3. The van der Waals surface area contributed by atoms with Crippen LogP contribution in [0, 0.1) is 16.7 Å². The molecule has 5 aromatic carbocycles. The predicted octanol–water partition coefficient (Wildman–Crippen LogP) is 10.7. The summed E-state index contributed by atoms with van der Waals surface area (Å²) in [5.41, 5.74) is 7.21. The maximum atomic E-state index is 16.0. The lowest BCUT2D eigenvalue weighted by Crippen LogP contribution is -2.59. The molecule has 6 aliphatic heterocycles. The molecule has 0 bridgehead atoms. The highest BCUT2D eigenvalue weighted by Gasteiger charge is 2.61. The van der Waals surface area contributed by atoms with Crippen molar-refractivity contribution < 1.29 is 47.9 Å². The van der Waals surface area contributed by atoms with Gasteiger partial charge in [-0.05, 0) is 219 Å². The first-order valence-corrected chi connectivity index (χ1v) is 45.3. The van der Waals surface area contributed by atoms with Gasteiger partial charge in [-0.1, -0.05) is 164 Å². The van der Waals surface area contributed by atoms with Crippen molar-refractivity contribution in [1.29, 1.82) is 0 Å². The molecule has 118 heavy (non-hydrogen) atoms. The van der Waals surface area contributed by atoms with E-state index in [4.69, 9.17) is 4.74 Å². The number of hydrogen-bond acceptors (Lipinski definition) is 15. The van der Waals surface area contributed by atoms with E-state index in [9.17, 15) is 14.4 Å². The third-order valence-corrected chi connectivity index (χ3v) is 29.7. The van der Waals surface area contributed by atoms with Crippen molar-refractivity contribution in [3.05, 3.63) is 215 Å². The standard InChI is InChI=1S/C94H120N12O10S2/c1-8-48-93(57-80-106(92(115)77(47-54-118-80)103-86(109)60(4)97-7)83(93)89(112)99-72-38-22-30-63-28-15-16-35-69(63)72)49-23-32-65-40-41-73(70-36-19-18-34-68(65)70)98-87(110)81-66(55-79-105(81)91(114)76(46-53-117-79)102-85(108)59(3)96-6)31-21-29-64-39-42-74(71-37-20-17-33-67(64)71)100-88(111)82-94(50-43-61-24-11-9-12-25-61,51-44-62-26-13-10-14-27-62)56-78-104(82)90(113)75(45-52-116-78)101-84(107)58(2)95-5/h8-21,23-29,32-37,58-60,64-66,72-83,95-97H,1,22,30-31,38-57H2,2-7H3,(H,98,110)(H,99,112)(H,100,111)(H,101,107)(H,102,108)(H,103,109)/b29-21+,32-23+/t58-,59-,60-,64?,65?,66?,72+,73+,74+,75-,76-,77-,78-,79-,80-,81-,82+,83-,93?/m0/s1. The lowest BCUT2D eigenvalue weighted by Gasteiger charge is -2.40. The smallest absolute Gasteiger partial charge is 0.247 e. The Morgan fingerprint density at radius 2 is 0.949 bits per heavy atom. The van der Waals surface area contributed by atoms with Gasteiger partial charge in [0.2, 0.25) is 53.2 Å². The summed E-state index contributed by atoms with van der Waals surface area (Å²) in [5.74, 6) is -1.60. The van der Waals surface area contributed by atoms with Gasteiger partial charge in [-0.15, -0.1) is 30.1 Å². The van der Waals surface area contributed by atoms with Crippen molar-refractivity contribution in [3.63, 3.8) is 0 Å². The van der Waals surface area contributed by atoms with Crippen LogP contribution in [0.4, 0.5) is 0 Å². The van der Waals surface area contributed by atoms with Crippen LogP contribution in [0.25, 0.3) is 0 Å². The molecule has 5 aromatic rings. The molecule has 0 saturated carbocycles. The highest BCUT2D eigenvalue weighted by atomic mass is 32.2. The number of likely N-dealkylation sites (N-methyl/N-ethyl adjacent to an activating group) is 3. The number of nitrogens with zero attached hydrogens (tertiary/aromatic N) is 3. The SMILES string of the molecule is C=CCC1(C/C=C/C2CC[C@@H](NC(=O)[C@@H]3C(C/C=C/C4CC[C@@H](NC(=O)[C@H]5N6C(=O)[C@@H](NC(=O)[C@H](C)NC)CCO[C@H]6CC5(CCc5ccccc5)CCc5ccccc5)c5ccccc54)C[C@@H]4SCC[C@H](NC(=O)[C@H](C)NC)C(=O)N43)c3ccccc32)C[C@@H]2SCC[C@H](NC(=O)[C@H](C)NC)C(=O)N2[C@H]1C(=O)N[C@@H]1CCCc2ccccc21. The number of ether oxygens (including phenoxy) is 1. The lowest BCUT2D eigenvalue weighted by atomic mass is 9.70. The van der Waals surface area contributed by atoms with Crippen LogP contribution in [0.2, 0.25) is 0 Å². The summed E-state index contributed by atoms with van der Waals surface area (Å²) in [6, 6.07) is 37.5. The molecule has 19 atom stereocenters. The summed E-state index contributed by atoms with van der Waals surface area (Å²) in [4.78, 5) is 139. The molecule has 0 spiro atoms. The number of thioether (sulfide) groups is 2. The zero-order valence-corrected chi connectivity index (χ0v) is 70.8. The molecular weight excluding hydrogens is 1520 g/mol. The van der Waals surface area contributed by atoms with Gasteiger partial charge in [-0.2, -0.15) is 0 Å². The van der Waals surface area contributed by atoms with Crippen molar-refractivity contribution in [2.45, 2.75) is 251 Å². The number of nitrogens with one attached hydrogen (secondary N) is 9. The maximum absolute atomic E-state index is 16.0. The van der Waals surface area contributed by atoms with E-state index < -0.39 is 83.5 Å². The van der Waals surface area contributed by atoms with E-state index in [1.807, 2.05) is 78.9 Å². The van der Waals surface area contributed by atoms with Gasteiger partial charge in [-0.3, -0.25) is 43.2 Å². The van der Waals surface area contributed by atoms with Crippen LogP contribution in [0.1, 0.15) is 204 Å². The predicted molar refractivity (Wildman–Crippen MR) is 462 cm³/mol. The largest absolute Gasteiger partial charge is 0.358 e. The molecule has 3 aliphatic carbocycles. The summed E-state index contributed by atoms with van der Waals surface area (Å²) in [5, 5.41) is 28.1. The van der Waals surface area contributed by atoms with Crippen molar-refractivity contribution in [3.8, 4) is 0 Å². The van der Waals surface area contributed by atoms with Gasteiger partial charge in [0, 0.05) is 35.5 Å². The summed E-state index contributed by atoms with van der Waals surface area (Å²) in [6.45, 7) is 9.76. The first-order valence-electron chi connectivity index (χ1n) is 43.2. The van der Waals surface area contributed by atoms with E-state index in [1.54, 1.807) is 80.1 Å². The van der Waals surface area contributed by atoms with Crippen LogP contribution < -0.4 is 47.9 Å².